The number of methoxy groups -OCH3 is 1. The van der Waals surface area contributed by atoms with Gasteiger partial charge in [0.2, 0.25) is 0 Å². The molecule has 0 saturated heterocycles. The Balaban J connectivity index is 1.95. The van der Waals surface area contributed by atoms with Gasteiger partial charge in [-0.1, -0.05) is 6.07 Å². The summed E-state index contributed by atoms with van der Waals surface area (Å²) < 4.78 is 9.78. The fraction of sp³-hybridized carbons (Fsp3) is 0.318. The summed E-state index contributed by atoms with van der Waals surface area (Å²) in [6.45, 7) is 7.23. The van der Waals surface area contributed by atoms with Gasteiger partial charge in [-0.3, -0.25) is 4.79 Å². The van der Waals surface area contributed by atoms with Crippen LogP contribution in [0.4, 0.5) is 11.4 Å². The average Bonchev–Trinajstić information content (AvgIpc) is 2.74. The molecule has 0 aliphatic heterocycles. The molecule has 1 N–H and O–H groups in total. The molecule has 0 aliphatic carbocycles. The summed E-state index contributed by atoms with van der Waals surface area (Å²) in [6, 6.07) is 11.9. The number of aryl methyl sites for hydroxylation is 1. The van der Waals surface area contributed by atoms with E-state index in [9.17, 15) is 14.4 Å². The van der Waals surface area contributed by atoms with Gasteiger partial charge in [0.15, 0.2) is 6.61 Å². The number of anilines is 2. The predicted octanol–water partition coefficient (Wildman–Crippen LogP) is 3.42. The first kappa shape index (κ1) is 21.9. The Bertz CT molecular complexity index is 873. The van der Waals surface area contributed by atoms with E-state index >= 15 is 0 Å². The van der Waals surface area contributed by atoms with Crippen LogP contribution in [0.1, 0.15) is 40.1 Å². The van der Waals surface area contributed by atoms with Crippen molar-refractivity contribution < 1.29 is 23.9 Å². The zero-order valence-corrected chi connectivity index (χ0v) is 17.2. The molecule has 0 atom stereocenters. The maximum absolute atomic E-state index is 12.2. The standard InChI is InChI=1S/C22H26N2O5/c1-5-24(6-2)18-11-9-16(10-12-18)22(27)29-14-20(25)23-19-13-17(21(26)28-4)8-7-15(19)3/h7-13H,5-6,14H2,1-4H3,(H,23,25). The molecule has 0 unspecified atom stereocenters. The predicted molar refractivity (Wildman–Crippen MR) is 111 cm³/mol. The third-order valence-electron chi connectivity index (χ3n) is 4.50. The van der Waals surface area contributed by atoms with Gasteiger partial charge in [-0.05, 0) is 62.7 Å². The monoisotopic (exact) mass is 398 g/mol. The zero-order chi connectivity index (χ0) is 21.4. The first-order chi connectivity index (χ1) is 13.9. The Kier molecular flexibility index (Phi) is 7.77. The highest BCUT2D eigenvalue weighted by atomic mass is 16.5. The molecule has 7 nitrogen and oxygen atoms in total. The van der Waals surface area contributed by atoms with Gasteiger partial charge < -0.3 is 19.7 Å². The maximum Gasteiger partial charge on any atom is 0.338 e. The number of nitrogens with zero attached hydrogens (tertiary/aromatic N) is 1. The Labute approximate surface area is 170 Å². The minimum absolute atomic E-state index is 0.318. The lowest BCUT2D eigenvalue weighted by molar-refractivity contribution is -0.119. The van der Waals surface area contributed by atoms with Gasteiger partial charge in [0.1, 0.15) is 0 Å². The molecule has 154 valence electrons. The van der Waals surface area contributed by atoms with Crippen molar-refractivity contribution >= 4 is 29.2 Å². The van der Waals surface area contributed by atoms with Crippen molar-refractivity contribution in [3.8, 4) is 0 Å². The molecule has 2 rings (SSSR count). The normalized spacial score (nSPS) is 10.2. The second-order valence-electron chi connectivity index (χ2n) is 6.36. The molecule has 0 radical (unpaired) electrons. The molecule has 0 bridgehead atoms. The smallest absolute Gasteiger partial charge is 0.338 e. The summed E-state index contributed by atoms with van der Waals surface area (Å²) >= 11 is 0. The number of hydrogen-bond donors (Lipinski definition) is 1. The van der Waals surface area contributed by atoms with Crippen molar-refractivity contribution in [1.29, 1.82) is 0 Å². The second kappa shape index (κ2) is 10.3. The first-order valence-corrected chi connectivity index (χ1v) is 9.40. The fourth-order valence-corrected chi connectivity index (χ4v) is 2.80. The summed E-state index contributed by atoms with van der Waals surface area (Å²) in [5, 5.41) is 2.65. The van der Waals surface area contributed by atoms with Crippen LogP contribution in [0.25, 0.3) is 0 Å². The number of carbonyl (C=O) groups is 3. The van der Waals surface area contributed by atoms with Crippen LogP contribution < -0.4 is 10.2 Å². The molecule has 0 aliphatic rings. The van der Waals surface area contributed by atoms with Crippen molar-refractivity contribution in [2.75, 3.05) is 37.0 Å². The zero-order valence-electron chi connectivity index (χ0n) is 17.2. The van der Waals surface area contributed by atoms with E-state index < -0.39 is 24.5 Å². The lowest BCUT2D eigenvalue weighted by Gasteiger charge is -2.20. The molecule has 2 aromatic rings. The molecule has 2 aromatic carbocycles. The van der Waals surface area contributed by atoms with Crippen LogP contribution in [0.2, 0.25) is 0 Å². The number of esters is 2. The first-order valence-electron chi connectivity index (χ1n) is 9.40. The van der Waals surface area contributed by atoms with Gasteiger partial charge >= 0.3 is 11.9 Å². The van der Waals surface area contributed by atoms with Gasteiger partial charge in [0.25, 0.3) is 5.91 Å². The number of amides is 1. The van der Waals surface area contributed by atoms with E-state index in [4.69, 9.17) is 4.74 Å². The number of ether oxygens (including phenoxy) is 2. The van der Waals surface area contributed by atoms with Gasteiger partial charge in [-0.15, -0.1) is 0 Å². The molecular formula is C22H26N2O5. The van der Waals surface area contributed by atoms with E-state index in [-0.39, 0.29) is 0 Å². The van der Waals surface area contributed by atoms with Crippen LogP contribution in [-0.4, -0.2) is 44.7 Å². The maximum atomic E-state index is 12.2. The van der Waals surface area contributed by atoms with Gasteiger partial charge in [-0.2, -0.15) is 0 Å². The SMILES string of the molecule is CCN(CC)c1ccc(C(=O)OCC(=O)Nc2cc(C(=O)OC)ccc2C)cc1. The molecular weight excluding hydrogens is 372 g/mol. The van der Waals surface area contributed by atoms with E-state index in [0.29, 0.717) is 16.8 Å². The number of hydrogen-bond acceptors (Lipinski definition) is 6. The molecule has 0 saturated carbocycles. The topological polar surface area (TPSA) is 84.9 Å². The van der Waals surface area contributed by atoms with E-state index in [1.807, 2.05) is 12.1 Å². The van der Waals surface area contributed by atoms with E-state index in [1.165, 1.54) is 13.2 Å². The van der Waals surface area contributed by atoms with Crippen LogP contribution in [0.5, 0.6) is 0 Å². The highest BCUT2D eigenvalue weighted by molar-refractivity contribution is 5.97. The number of rotatable bonds is 8. The molecule has 1 amide bonds. The largest absolute Gasteiger partial charge is 0.465 e. The van der Waals surface area contributed by atoms with Crippen LogP contribution in [0, 0.1) is 6.92 Å². The average molecular weight is 398 g/mol. The second-order valence-corrected chi connectivity index (χ2v) is 6.36. The number of nitrogens with one attached hydrogen (secondary N) is 1. The molecule has 29 heavy (non-hydrogen) atoms. The van der Waals surface area contributed by atoms with Gasteiger partial charge in [0, 0.05) is 24.5 Å². The quantitative estimate of drug-likeness (QED) is 0.686. The summed E-state index contributed by atoms with van der Waals surface area (Å²) in [6.07, 6.45) is 0. The molecule has 0 fully saturated rings. The van der Waals surface area contributed by atoms with Crippen molar-refractivity contribution in [1.82, 2.24) is 0 Å². The van der Waals surface area contributed by atoms with Crippen LogP contribution >= 0.6 is 0 Å². The van der Waals surface area contributed by atoms with E-state index in [2.05, 4.69) is 28.8 Å². The summed E-state index contributed by atoms with van der Waals surface area (Å²) in [4.78, 5) is 38.1. The van der Waals surface area contributed by atoms with E-state index in [0.717, 1.165) is 24.3 Å². The van der Waals surface area contributed by atoms with Crippen molar-refractivity contribution in [3.05, 3.63) is 59.2 Å². The highest BCUT2D eigenvalue weighted by Crippen LogP contribution is 2.18. The molecule has 0 spiro atoms. The Morgan fingerprint density at radius 3 is 2.14 bits per heavy atom. The lowest BCUT2D eigenvalue weighted by Crippen LogP contribution is -2.22. The van der Waals surface area contributed by atoms with Gasteiger partial charge in [0.05, 0.1) is 18.2 Å². The summed E-state index contributed by atoms with van der Waals surface area (Å²) in [5.74, 6) is -1.57. The minimum atomic E-state index is -0.578. The third-order valence-corrected chi connectivity index (χ3v) is 4.50. The van der Waals surface area contributed by atoms with Crippen LogP contribution in [0.3, 0.4) is 0 Å². The molecule has 7 heteroatoms. The van der Waals surface area contributed by atoms with Crippen molar-refractivity contribution in [2.45, 2.75) is 20.8 Å². The highest BCUT2D eigenvalue weighted by Gasteiger charge is 2.13. The summed E-state index contributed by atoms with van der Waals surface area (Å²) in [5.41, 5.74) is 2.93. The van der Waals surface area contributed by atoms with Crippen LogP contribution in [-0.2, 0) is 14.3 Å². The van der Waals surface area contributed by atoms with Gasteiger partial charge in [-0.25, -0.2) is 9.59 Å². The Hall–Kier alpha value is -3.35. The Morgan fingerprint density at radius 1 is 0.931 bits per heavy atom. The fourth-order valence-electron chi connectivity index (χ4n) is 2.80. The number of benzene rings is 2. The minimum Gasteiger partial charge on any atom is -0.465 e. The number of carbonyl (C=O) groups excluding carboxylic acids is 3. The van der Waals surface area contributed by atoms with Crippen molar-refractivity contribution in [3.63, 3.8) is 0 Å². The van der Waals surface area contributed by atoms with Crippen LogP contribution in [0.15, 0.2) is 42.5 Å². The summed E-state index contributed by atoms with van der Waals surface area (Å²) in [7, 11) is 1.29. The van der Waals surface area contributed by atoms with Crippen molar-refractivity contribution in [2.24, 2.45) is 0 Å². The molecule has 0 heterocycles. The Morgan fingerprint density at radius 2 is 1.55 bits per heavy atom. The van der Waals surface area contributed by atoms with E-state index in [1.54, 1.807) is 31.2 Å². The lowest BCUT2D eigenvalue weighted by atomic mass is 10.1. The molecule has 0 aromatic heterocycles. The third kappa shape index (κ3) is 5.81.